The number of carbonyl (C=O) groups is 1. The van der Waals surface area contributed by atoms with Crippen molar-refractivity contribution in [3.8, 4) is 0 Å². The number of hydrogen-bond donors (Lipinski definition) is 1. The van der Waals surface area contributed by atoms with Crippen LogP contribution in [0.25, 0.3) is 10.9 Å². The number of nitrogens with one attached hydrogen (secondary N) is 1. The average Bonchev–Trinajstić information content (AvgIpc) is 3.05. The van der Waals surface area contributed by atoms with Gasteiger partial charge in [0.25, 0.3) is 10.2 Å². The van der Waals surface area contributed by atoms with Gasteiger partial charge in [0.2, 0.25) is 5.91 Å². The molecule has 1 aromatic heterocycles. The lowest BCUT2D eigenvalue weighted by molar-refractivity contribution is -0.131. The van der Waals surface area contributed by atoms with E-state index in [9.17, 15) is 13.2 Å². The third-order valence-electron chi connectivity index (χ3n) is 4.97. The van der Waals surface area contributed by atoms with Gasteiger partial charge >= 0.3 is 0 Å². The minimum atomic E-state index is -3.43. The standard InChI is InChI=1S/C18H26N4O3S/c1-3-21(4-2)26(24,25)22-11-9-20(10-12-22)18(23)13-15-14-19-17-8-6-5-7-16(15)17/h5-8,14,19H,3-4,9-13H2,1-2H3. The van der Waals surface area contributed by atoms with Crippen molar-refractivity contribution in [1.82, 2.24) is 18.5 Å². The second kappa shape index (κ2) is 7.77. The van der Waals surface area contributed by atoms with Crippen molar-refractivity contribution in [2.75, 3.05) is 39.3 Å². The van der Waals surface area contributed by atoms with E-state index >= 15 is 0 Å². The highest BCUT2D eigenvalue weighted by Crippen LogP contribution is 2.19. The molecule has 0 aliphatic carbocycles. The van der Waals surface area contributed by atoms with Crippen LogP contribution in [-0.4, -0.2) is 72.1 Å². The van der Waals surface area contributed by atoms with E-state index in [1.165, 1.54) is 8.61 Å². The van der Waals surface area contributed by atoms with Gasteiger partial charge in [0.15, 0.2) is 0 Å². The fourth-order valence-corrected chi connectivity index (χ4v) is 5.04. The summed E-state index contributed by atoms with van der Waals surface area (Å²) in [4.78, 5) is 17.6. The van der Waals surface area contributed by atoms with Crippen molar-refractivity contribution in [3.05, 3.63) is 36.0 Å². The fraction of sp³-hybridized carbons (Fsp3) is 0.500. The first-order chi connectivity index (χ1) is 12.5. The maximum atomic E-state index is 12.6. The average molecular weight is 378 g/mol. The highest BCUT2D eigenvalue weighted by molar-refractivity contribution is 7.86. The summed E-state index contributed by atoms with van der Waals surface area (Å²) in [6.45, 7) is 6.14. The lowest BCUT2D eigenvalue weighted by Gasteiger charge is -2.36. The number of H-pyrrole nitrogens is 1. The van der Waals surface area contributed by atoms with Gasteiger partial charge in [-0.25, -0.2) is 0 Å². The first-order valence-corrected chi connectivity index (χ1v) is 10.4. The summed E-state index contributed by atoms with van der Waals surface area (Å²) in [7, 11) is -3.43. The van der Waals surface area contributed by atoms with Gasteiger partial charge in [-0.2, -0.15) is 17.0 Å². The Morgan fingerprint density at radius 2 is 1.77 bits per heavy atom. The number of carbonyl (C=O) groups excluding carboxylic acids is 1. The number of benzene rings is 1. The number of aromatic amines is 1. The van der Waals surface area contributed by atoms with E-state index in [4.69, 9.17) is 0 Å². The summed E-state index contributed by atoms with van der Waals surface area (Å²) in [5, 5.41) is 1.06. The zero-order chi connectivity index (χ0) is 18.7. The number of aromatic nitrogens is 1. The molecule has 142 valence electrons. The highest BCUT2D eigenvalue weighted by Gasteiger charge is 2.32. The summed E-state index contributed by atoms with van der Waals surface area (Å²) in [6.07, 6.45) is 2.20. The Bertz CT molecular complexity index is 865. The van der Waals surface area contributed by atoms with Crippen LogP contribution in [0.1, 0.15) is 19.4 Å². The second-order valence-electron chi connectivity index (χ2n) is 6.41. The van der Waals surface area contributed by atoms with Gasteiger partial charge in [0, 0.05) is 56.4 Å². The van der Waals surface area contributed by atoms with Gasteiger partial charge in [-0.15, -0.1) is 0 Å². The predicted molar refractivity (Wildman–Crippen MR) is 102 cm³/mol. The van der Waals surface area contributed by atoms with Crippen molar-refractivity contribution < 1.29 is 13.2 Å². The molecule has 3 rings (SSSR count). The van der Waals surface area contributed by atoms with Gasteiger partial charge in [-0.05, 0) is 11.6 Å². The molecule has 0 radical (unpaired) electrons. The SMILES string of the molecule is CCN(CC)S(=O)(=O)N1CCN(C(=O)Cc2c[nH]c3ccccc23)CC1. The smallest absolute Gasteiger partial charge is 0.282 e. The molecule has 1 aromatic carbocycles. The number of piperazine rings is 1. The van der Waals surface area contributed by atoms with Crippen LogP contribution < -0.4 is 0 Å². The first kappa shape index (κ1) is 18.9. The van der Waals surface area contributed by atoms with Crippen molar-refractivity contribution >= 4 is 27.0 Å². The molecule has 1 N–H and O–H groups in total. The molecule has 0 bridgehead atoms. The van der Waals surface area contributed by atoms with Gasteiger partial charge in [0.05, 0.1) is 6.42 Å². The highest BCUT2D eigenvalue weighted by atomic mass is 32.2. The third kappa shape index (κ3) is 3.62. The normalized spacial score (nSPS) is 16.5. The lowest BCUT2D eigenvalue weighted by Crippen LogP contribution is -2.54. The Hall–Kier alpha value is -1.90. The van der Waals surface area contributed by atoms with Gasteiger partial charge in [0.1, 0.15) is 0 Å². The van der Waals surface area contributed by atoms with Crippen molar-refractivity contribution in [3.63, 3.8) is 0 Å². The summed E-state index contributed by atoms with van der Waals surface area (Å²) in [5.41, 5.74) is 1.99. The zero-order valence-corrected chi connectivity index (χ0v) is 16.1. The summed E-state index contributed by atoms with van der Waals surface area (Å²) in [6, 6.07) is 7.91. The molecule has 0 saturated carbocycles. The number of nitrogens with zero attached hydrogens (tertiary/aromatic N) is 3. The number of fused-ring (bicyclic) bond motifs is 1. The number of amides is 1. The van der Waals surface area contributed by atoms with E-state index in [0.717, 1.165) is 16.5 Å². The Balaban J connectivity index is 1.62. The van der Waals surface area contributed by atoms with Crippen molar-refractivity contribution in [2.24, 2.45) is 0 Å². The molecular formula is C18H26N4O3S. The molecule has 0 spiro atoms. The van der Waals surface area contributed by atoms with Crippen LogP contribution in [0.4, 0.5) is 0 Å². The first-order valence-electron chi connectivity index (χ1n) is 9.05. The minimum absolute atomic E-state index is 0.0367. The van der Waals surface area contributed by atoms with E-state index in [1.54, 1.807) is 4.90 Å². The number of hydrogen-bond acceptors (Lipinski definition) is 3. The monoisotopic (exact) mass is 378 g/mol. The minimum Gasteiger partial charge on any atom is -0.361 e. The van der Waals surface area contributed by atoms with Crippen LogP contribution in [0.2, 0.25) is 0 Å². The zero-order valence-electron chi connectivity index (χ0n) is 15.3. The topological polar surface area (TPSA) is 76.7 Å². The van der Waals surface area contributed by atoms with Crippen molar-refractivity contribution in [1.29, 1.82) is 0 Å². The number of para-hydroxylation sites is 1. The van der Waals surface area contributed by atoms with Crippen LogP contribution in [0.3, 0.4) is 0 Å². The molecular weight excluding hydrogens is 352 g/mol. The van der Waals surface area contributed by atoms with Gasteiger partial charge < -0.3 is 9.88 Å². The molecule has 1 amide bonds. The van der Waals surface area contributed by atoms with Gasteiger partial charge in [-0.3, -0.25) is 4.79 Å². The van der Waals surface area contributed by atoms with E-state index in [0.29, 0.717) is 45.7 Å². The van der Waals surface area contributed by atoms with Crippen molar-refractivity contribution in [2.45, 2.75) is 20.3 Å². The van der Waals surface area contributed by atoms with Crippen LogP contribution in [0, 0.1) is 0 Å². The lowest BCUT2D eigenvalue weighted by atomic mass is 10.1. The molecule has 26 heavy (non-hydrogen) atoms. The molecule has 7 nitrogen and oxygen atoms in total. The molecule has 0 atom stereocenters. The van der Waals surface area contributed by atoms with Gasteiger partial charge in [-0.1, -0.05) is 32.0 Å². The summed E-state index contributed by atoms with van der Waals surface area (Å²) in [5.74, 6) is 0.0367. The fourth-order valence-electron chi connectivity index (χ4n) is 3.43. The number of rotatable bonds is 6. The summed E-state index contributed by atoms with van der Waals surface area (Å²) >= 11 is 0. The molecule has 2 heterocycles. The third-order valence-corrected chi connectivity index (χ3v) is 7.15. The Morgan fingerprint density at radius 3 is 2.42 bits per heavy atom. The Kier molecular flexibility index (Phi) is 5.64. The molecule has 8 heteroatoms. The molecule has 1 fully saturated rings. The van der Waals surface area contributed by atoms with Crippen LogP contribution in [0.15, 0.2) is 30.5 Å². The van der Waals surface area contributed by atoms with Crippen LogP contribution >= 0.6 is 0 Å². The Morgan fingerprint density at radius 1 is 1.12 bits per heavy atom. The Labute approximate surface area is 154 Å². The molecule has 1 aliphatic rings. The second-order valence-corrected chi connectivity index (χ2v) is 8.34. The summed E-state index contributed by atoms with van der Waals surface area (Å²) < 4.78 is 28.1. The largest absolute Gasteiger partial charge is 0.361 e. The van der Waals surface area contributed by atoms with E-state index < -0.39 is 10.2 Å². The van der Waals surface area contributed by atoms with E-state index in [1.807, 2.05) is 44.3 Å². The molecule has 1 saturated heterocycles. The maximum Gasteiger partial charge on any atom is 0.282 e. The molecule has 2 aromatic rings. The predicted octanol–water partition coefficient (Wildman–Crippen LogP) is 1.44. The quantitative estimate of drug-likeness (QED) is 0.826. The molecule has 0 unspecified atom stereocenters. The van der Waals surface area contributed by atoms with Crippen LogP contribution in [0.5, 0.6) is 0 Å². The van der Waals surface area contributed by atoms with Crippen LogP contribution in [-0.2, 0) is 21.4 Å². The maximum absolute atomic E-state index is 12.6. The van der Waals surface area contributed by atoms with E-state index in [2.05, 4.69) is 4.98 Å². The molecule has 1 aliphatic heterocycles. The van der Waals surface area contributed by atoms with E-state index in [-0.39, 0.29) is 5.91 Å².